The Morgan fingerprint density at radius 1 is 1.29 bits per heavy atom. The Morgan fingerprint density at radius 2 is 2.00 bits per heavy atom. The van der Waals surface area contributed by atoms with E-state index in [0.717, 1.165) is 35.7 Å². The molecule has 116 valence electrons. The number of carbonyl (C=O) groups is 1. The van der Waals surface area contributed by atoms with Gasteiger partial charge >= 0.3 is 6.09 Å². The van der Waals surface area contributed by atoms with E-state index >= 15 is 0 Å². The quantitative estimate of drug-likeness (QED) is 0.851. The van der Waals surface area contributed by atoms with Crippen LogP contribution in [0.1, 0.15) is 31.2 Å². The van der Waals surface area contributed by atoms with Gasteiger partial charge in [-0.1, -0.05) is 40.9 Å². The van der Waals surface area contributed by atoms with Crippen molar-refractivity contribution in [1.82, 2.24) is 5.32 Å². The highest BCUT2D eigenvalue weighted by Gasteiger charge is 2.23. The number of aliphatic hydroxyl groups excluding tert-OH is 1. The van der Waals surface area contributed by atoms with Gasteiger partial charge in [0.05, 0.1) is 12.7 Å². The molecule has 5 heteroatoms. The predicted molar refractivity (Wildman–Crippen MR) is 85.2 cm³/mol. The van der Waals surface area contributed by atoms with Crippen molar-refractivity contribution in [1.29, 1.82) is 0 Å². The first-order chi connectivity index (χ1) is 10.1. The van der Waals surface area contributed by atoms with Crippen molar-refractivity contribution in [2.75, 3.05) is 13.2 Å². The Hall–Kier alpha value is -1.07. The number of aliphatic hydroxyl groups is 1. The molecule has 4 nitrogen and oxygen atoms in total. The molecule has 2 atom stereocenters. The maximum absolute atomic E-state index is 11.6. The average Bonchev–Trinajstić information content (AvgIpc) is 2.48. The molecule has 2 N–H and O–H groups in total. The molecule has 2 unspecified atom stereocenters. The summed E-state index contributed by atoms with van der Waals surface area (Å²) >= 11 is 3.38. The number of hydrogen-bond acceptors (Lipinski definition) is 3. The fourth-order valence-electron chi connectivity index (χ4n) is 2.60. The monoisotopic (exact) mass is 355 g/mol. The SMILES string of the molecule is O=C(NCC1CCCCC1O)OCCc1ccc(Br)cc1. The van der Waals surface area contributed by atoms with Crippen LogP contribution < -0.4 is 5.32 Å². The van der Waals surface area contributed by atoms with E-state index in [1.165, 1.54) is 0 Å². The standard InChI is InChI=1S/C16H22BrNO3/c17-14-7-5-12(6-8-14)9-10-21-16(20)18-11-13-3-1-2-4-15(13)19/h5-8,13,15,19H,1-4,9-11H2,(H,18,20). The number of amides is 1. The summed E-state index contributed by atoms with van der Waals surface area (Å²) in [6, 6.07) is 7.95. The summed E-state index contributed by atoms with van der Waals surface area (Å²) in [5.74, 6) is 0.165. The van der Waals surface area contributed by atoms with Crippen molar-refractivity contribution in [3.05, 3.63) is 34.3 Å². The molecule has 1 fully saturated rings. The summed E-state index contributed by atoms with van der Waals surface area (Å²) in [4.78, 5) is 11.6. The van der Waals surface area contributed by atoms with Crippen molar-refractivity contribution in [3.8, 4) is 0 Å². The zero-order valence-electron chi connectivity index (χ0n) is 12.1. The first-order valence-corrected chi connectivity index (χ1v) is 8.27. The summed E-state index contributed by atoms with van der Waals surface area (Å²) < 4.78 is 6.20. The molecule has 0 spiro atoms. The van der Waals surface area contributed by atoms with Crippen molar-refractivity contribution in [2.24, 2.45) is 5.92 Å². The van der Waals surface area contributed by atoms with E-state index in [-0.39, 0.29) is 12.0 Å². The summed E-state index contributed by atoms with van der Waals surface area (Å²) in [7, 11) is 0. The lowest BCUT2D eigenvalue weighted by Gasteiger charge is -2.27. The Balaban J connectivity index is 1.62. The van der Waals surface area contributed by atoms with Gasteiger partial charge in [-0.15, -0.1) is 0 Å². The minimum absolute atomic E-state index is 0.165. The normalized spacial score (nSPS) is 21.8. The van der Waals surface area contributed by atoms with Gasteiger partial charge < -0.3 is 15.2 Å². The van der Waals surface area contributed by atoms with E-state index < -0.39 is 6.09 Å². The molecule has 1 aliphatic rings. The third kappa shape index (κ3) is 5.67. The van der Waals surface area contributed by atoms with Crippen LogP contribution in [0.3, 0.4) is 0 Å². The van der Waals surface area contributed by atoms with E-state index in [9.17, 15) is 9.90 Å². The number of hydrogen-bond donors (Lipinski definition) is 2. The molecule has 1 aliphatic carbocycles. The lowest BCUT2D eigenvalue weighted by Crippen LogP contribution is -2.37. The highest BCUT2D eigenvalue weighted by atomic mass is 79.9. The van der Waals surface area contributed by atoms with Gasteiger partial charge in [-0.2, -0.15) is 0 Å². The fourth-order valence-corrected chi connectivity index (χ4v) is 2.87. The van der Waals surface area contributed by atoms with E-state index in [0.29, 0.717) is 19.6 Å². The molecule has 0 aliphatic heterocycles. The largest absolute Gasteiger partial charge is 0.449 e. The molecule has 0 radical (unpaired) electrons. The van der Waals surface area contributed by atoms with Gasteiger partial charge in [0.25, 0.3) is 0 Å². The number of rotatable bonds is 5. The lowest BCUT2D eigenvalue weighted by molar-refractivity contribution is 0.0678. The van der Waals surface area contributed by atoms with Gasteiger partial charge in [0.1, 0.15) is 0 Å². The highest BCUT2D eigenvalue weighted by Crippen LogP contribution is 2.23. The van der Waals surface area contributed by atoms with Gasteiger partial charge in [0, 0.05) is 23.4 Å². The third-order valence-corrected chi connectivity index (χ3v) is 4.44. The predicted octanol–water partition coefficient (Wildman–Crippen LogP) is 3.27. The number of ether oxygens (including phenoxy) is 1. The average molecular weight is 356 g/mol. The van der Waals surface area contributed by atoms with Gasteiger partial charge in [0.2, 0.25) is 0 Å². The summed E-state index contributed by atoms with van der Waals surface area (Å²) in [6.45, 7) is 0.860. The second-order valence-corrected chi connectivity index (χ2v) is 6.42. The maximum atomic E-state index is 11.6. The summed E-state index contributed by atoms with van der Waals surface area (Å²) in [6.07, 6.45) is 4.03. The van der Waals surface area contributed by atoms with Crippen LogP contribution in [0, 0.1) is 5.92 Å². The van der Waals surface area contributed by atoms with Crippen LogP contribution in [0.5, 0.6) is 0 Å². The molecule has 1 amide bonds. The number of carbonyl (C=O) groups excluding carboxylic acids is 1. The van der Waals surface area contributed by atoms with E-state index in [1.807, 2.05) is 24.3 Å². The van der Waals surface area contributed by atoms with Crippen LogP contribution in [0.15, 0.2) is 28.7 Å². The second-order valence-electron chi connectivity index (χ2n) is 5.51. The Bertz CT molecular complexity index is 449. The van der Waals surface area contributed by atoms with Crippen molar-refractivity contribution >= 4 is 22.0 Å². The molecule has 1 aromatic rings. The van der Waals surface area contributed by atoms with Crippen molar-refractivity contribution in [3.63, 3.8) is 0 Å². The molecule has 1 aromatic carbocycles. The summed E-state index contributed by atoms with van der Waals surface area (Å²) in [5.41, 5.74) is 1.13. The van der Waals surface area contributed by atoms with Gasteiger partial charge in [-0.25, -0.2) is 4.79 Å². The Morgan fingerprint density at radius 3 is 2.71 bits per heavy atom. The van der Waals surface area contributed by atoms with Crippen LogP contribution in [0.4, 0.5) is 4.79 Å². The minimum atomic E-state index is -0.398. The van der Waals surface area contributed by atoms with Crippen LogP contribution in [0.2, 0.25) is 0 Å². The Kier molecular flexibility index (Phi) is 6.51. The smallest absolute Gasteiger partial charge is 0.407 e. The molecule has 0 saturated heterocycles. The topological polar surface area (TPSA) is 58.6 Å². The van der Waals surface area contributed by atoms with Crippen LogP contribution in [-0.4, -0.2) is 30.5 Å². The molecule has 0 heterocycles. The van der Waals surface area contributed by atoms with Gasteiger partial charge in [0.15, 0.2) is 0 Å². The Labute approximate surface area is 134 Å². The van der Waals surface area contributed by atoms with Crippen molar-refractivity contribution < 1.29 is 14.6 Å². The first-order valence-electron chi connectivity index (χ1n) is 7.48. The molecule has 1 saturated carbocycles. The maximum Gasteiger partial charge on any atom is 0.407 e. The molecule has 2 rings (SSSR count). The van der Waals surface area contributed by atoms with Crippen LogP contribution in [0.25, 0.3) is 0 Å². The van der Waals surface area contributed by atoms with Gasteiger partial charge in [-0.05, 0) is 30.5 Å². The first kappa shape index (κ1) is 16.3. The lowest BCUT2D eigenvalue weighted by atomic mass is 9.86. The number of alkyl carbamates (subject to hydrolysis) is 1. The van der Waals surface area contributed by atoms with E-state index in [4.69, 9.17) is 4.74 Å². The van der Waals surface area contributed by atoms with Gasteiger partial charge in [-0.3, -0.25) is 0 Å². The second kappa shape index (κ2) is 8.39. The number of halogens is 1. The molecular formula is C16H22BrNO3. The number of benzene rings is 1. The molecular weight excluding hydrogens is 334 g/mol. The fraction of sp³-hybridized carbons (Fsp3) is 0.562. The zero-order valence-corrected chi connectivity index (χ0v) is 13.6. The minimum Gasteiger partial charge on any atom is -0.449 e. The van der Waals surface area contributed by atoms with Crippen LogP contribution >= 0.6 is 15.9 Å². The highest BCUT2D eigenvalue weighted by molar-refractivity contribution is 9.10. The van der Waals surface area contributed by atoms with Crippen molar-refractivity contribution in [2.45, 2.75) is 38.2 Å². The zero-order chi connectivity index (χ0) is 15.1. The molecule has 0 bridgehead atoms. The van der Waals surface area contributed by atoms with E-state index in [1.54, 1.807) is 0 Å². The van der Waals surface area contributed by atoms with E-state index in [2.05, 4.69) is 21.2 Å². The van der Waals surface area contributed by atoms with Crippen LogP contribution in [-0.2, 0) is 11.2 Å². The molecule has 21 heavy (non-hydrogen) atoms. The number of nitrogens with one attached hydrogen (secondary N) is 1. The molecule has 0 aromatic heterocycles. The summed E-state index contributed by atoms with van der Waals surface area (Å²) in [5, 5.41) is 12.6. The third-order valence-electron chi connectivity index (χ3n) is 3.91.